The van der Waals surface area contributed by atoms with Gasteiger partial charge in [-0.25, -0.2) is 4.39 Å². The van der Waals surface area contributed by atoms with E-state index in [4.69, 9.17) is 5.26 Å². The summed E-state index contributed by atoms with van der Waals surface area (Å²) in [5.74, 6) is -0.801. The van der Waals surface area contributed by atoms with E-state index in [9.17, 15) is 19.3 Å². The number of nitro groups is 1. The lowest BCUT2D eigenvalue weighted by Crippen LogP contribution is -2.40. The maximum absolute atomic E-state index is 13.1. The lowest BCUT2D eigenvalue weighted by molar-refractivity contribution is -0.386. The Bertz CT molecular complexity index is 554. The first kappa shape index (κ1) is 11.2. The monoisotopic (exact) mass is 234 g/mol. The molecule has 0 atom stereocenters. The van der Waals surface area contributed by atoms with Gasteiger partial charge >= 0.3 is 0 Å². The highest BCUT2D eigenvalue weighted by Crippen LogP contribution is 2.44. The minimum absolute atomic E-state index is 0.00963. The highest BCUT2D eigenvalue weighted by Gasteiger charge is 2.49. The van der Waals surface area contributed by atoms with Gasteiger partial charge in [-0.2, -0.15) is 5.26 Å². The first-order valence-electron chi connectivity index (χ1n) is 4.86. The Morgan fingerprint density at radius 2 is 2.12 bits per heavy atom. The number of nitro benzene ring substituents is 1. The van der Waals surface area contributed by atoms with E-state index in [1.807, 2.05) is 6.07 Å². The van der Waals surface area contributed by atoms with E-state index in [0.29, 0.717) is 0 Å². The summed E-state index contributed by atoms with van der Waals surface area (Å²) in [5, 5.41) is 19.9. The maximum Gasteiger partial charge on any atom is 0.274 e. The van der Waals surface area contributed by atoms with Gasteiger partial charge in [0.2, 0.25) is 0 Å². The number of nitriles is 1. The molecule has 0 spiro atoms. The molecular formula is C11H7FN2O3. The van der Waals surface area contributed by atoms with Gasteiger partial charge in [0, 0.05) is 18.9 Å². The van der Waals surface area contributed by atoms with Crippen molar-refractivity contribution >= 4 is 11.5 Å². The fourth-order valence-corrected chi connectivity index (χ4v) is 2.00. The normalized spacial score (nSPS) is 17.1. The molecule has 1 aromatic carbocycles. The molecule has 0 amide bonds. The van der Waals surface area contributed by atoms with Crippen LogP contribution >= 0.6 is 0 Å². The van der Waals surface area contributed by atoms with Crippen molar-refractivity contribution in [3.63, 3.8) is 0 Å². The molecule has 0 bridgehead atoms. The number of carbonyl (C=O) groups excluding carboxylic acids is 1. The van der Waals surface area contributed by atoms with Crippen molar-refractivity contribution in [2.45, 2.75) is 18.3 Å². The van der Waals surface area contributed by atoms with Crippen LogP contribution in [-0.4, -0.2) is 10.7 Å². The Labute approximate surface area is 95.6 Å². The number of hydrogen-bond acceptors (Lipinski definition) is 4. The Morgan fingerprint density at radius 1 is 1.47 bits per heavy atom. The van der Waals surface area contributed by atoms with Crippen molar-refractivity contribution in [1.82, 2.24) is 0 Å². The third kappa shape index (κ3) is 1.65. The van der Waals surface area contributed by atoms with Crippen LogP contribution in [0, 0.1) is 27.3 Å². The molecule has 1 saturated carbocycles. The molecule has 0 unspecified atom stereocenters. The second kappa shape index (κ2) is 3.63. The van der Waals surface area contributed by atoms with Crippen LogP contribution in [0.15, 0.2) is 18.2 Å². The Kier molecular flexibility index (Phi) is 2.39. The van der Waals surface area contributed by atoms with Crippen LogP contribution in [0.5, 0.6) is 0 Å². The van der Waals surface area contributed by atoms with E-state index in [2.05, 4.69) is 0 Å². The van der Waals surface area contributed by atoms with E-state index in [1.54, 1.807) is 0 Å². The van der Waals surface area contributed by atoms with E-state index in [0.717, 1.165) is 18.2 Å². The van der Waals surface area contributed by atoms with Gasteiger partial charge in [-0.05, 0) is 12.1 Å². The van der Waals surface area contributed by atoms with Gasteiger partial charge in [-0.15, -0.1) is 0 Å². The average Bonchev–Trinajstić information content (AvgIpc) is 2.24. The zero-order valence-corrected chi connectivity index (χ0v) is 8.64. The third-order valence-electron chi connectivity index (χ3n) is 2.88. The number of ketones is 1. The summed E-state index contributed by atoms with van der Waals surface area (Å²) < 4.78 is 13.1. The van der Waals surface area contributed by atoms with Crippen LogP contribution in [0.2, 0.25) is 0 Å². The lowest BCUT2D eigenvalue weighted by Gasteiger charge is -2.33. The minimum Gasteiger partial charge on any atom is -0.300 e. The zero-order chi connectivity index (χ0) is 12.6. The highest BCUT2D eigenvalue weighted by molar-refractivity contribution is 5.90. The summed E-state index contributed by atoms with van der Waals surface area (Å²) in [7, 11) is 0. The summed E-state index contributed by atoms with van der Waals surface area (Å²) >= 11 is 0. The van der Waals surface area contributed by atoms with Gasteiger partial charge in [0.15, 0.2) is 0 Å². The summed E-state index contributed by atoms with van der Waals surface area (Å²) in [6, 6.07) is 4.84. The van der Waals surface area contributed by atoms with E-state index in [-0.39, 0.29) is 29.9 Å². The molecule has 0 N–H and O–H groups in total. The third-order valence-corrected chi connectivity index (χ3v) is 2.88. The number of hydrogen-bond donors (Lipinski definition) is 0. The molecule has 2 rings (SSSR count). The summed E-state index contributed by atoms with van der Waals surface area (Å²) in [6.45, 7) is 0. The number of Topliss-reactive ketones (excluding diaryl/α,β-unsaturated/α-hetero) is 1. The smallest absolute Gasteiger partial charge is 0.274 e. The van der Waals surface area contributed by atoms with E-state index >= 15 is 0 Å². The van der Waals surface area contributed by atoms with Crippen LogP contribution in [0.3, 0.4) is 0 Å². The molecule has 17 heavy (non-hydrogen) atoms. The number of benzene rings is 1. The fourth-order valence-electron chi connectivity index (χ4n) is 2.00. The molecule has 0 heterocycles. The molecular weight excluding hydrogens is 227 g/mol. The van der Waals surface area contributed by atoms with Crippen molar-refractivity contribution in [3.05, 3.63) is 39.7 Å². The molecule has 5 nitrogen and oxygen atoms in total. The first-order chi connectivity index (χ1) is 7.98. The van der Waals surface area contributed by atoms with Gasteiger partial charge in [-0.1, -0.05) is 0 Å². The van der Waals surface area contributed by atoms with Crippen LogP contribution in [0.1, 0.15) is 18.4 Å². The summed E-state index contributed by atoms with van der Waals surface area (Å²) in [6.07, 6.45) is -0.179. The van der Waals surface area contributed by atoms with Crippen molar-refractivity contribution in [2.24, 2.45) is 0 Å². The minimum atomic E-state index is -1.23. The number of nitrogens with zero attached hydrogens (tertiary/aromatic N) is 2. The molecule has 0 aromatic heterocycles. The molecule has 1 fully saturated rings. The maximum atomic E-state index is 13.1. The Morgan fingerprint density at radius 3 is 2.59 bits per heavy atom. The molecule has 1 aliphatic carbocycles. The Hall–Kier alpha value is -2.29. The molecule has 1 aromatic rings. The zero-order valence-electron chi connectivity index (χ0n) is 8.64. The molecule has 1 aliphatic rings. The lowest BCUT2D eigenvalue weighted by atomic mass is 9.64. The van der Waals surface area contributed by atoms with Gasteiger partial charge in [0.05, 0.1) is 16.6 Å². The van der Waals surface area contributed by atoms with E-state index < -0.39 is 16.2 Å². The summed E-state index contributed by atoms with van der Waals surface area (Å²) in [4.78, 5) is 21.1. The van der Waals surface area contributed by atoms with Gasteiger partial charge in [0.25, 0.3) is 5.69 Å². The molecule has 86 valence electrons. The largest absolute Gasteiger partial charge is 0.300 e. The van der Waals surface area contributed by atoms with Crippen LogP contribution in [-0.2, 0) is 10.2 Å². The van der Waals surface area contributed by atoms with Crippen LogP contribution < -0.4 is 0 Å². The van der Waals surface area contributed by atoms with Crippen molar-refractivity contribution < 1.29 is 14.1 Å². The highest BCUT2D eigenvalue weighted by atomic mass is 19.1. The topological polar surface area (TPSA) is 84.0 Å². The van der Waals surface area contributed by atoms with Gasteiger partial charge in [0.1, 0.15) is 17.0 Å². The predicted octanol–water partition coefficient (Wildman–Crippen LogP) is 1.86. The molecule has 6 heteroatoms. The van der Waals surface area contributed by atoms with Gasteiger partial charge in [-0.3, -0.25) is 14.9 Å². The fraction of sp³-hybridized carbons (Fsp3) is 0.273. The van der Waals surface area contributed by atoms with Gasteiger partial charge < -0.3 is 0 Å². The number of rotatable bonds is 2. The van der Waals surface area contributed by atoms with Crippen LogP contribution in [0.25, 0.3) is 0 Å². The number of halogens is 1. The molecule has 0 saturated heterocycles. The summed E-state index contributed by atoms with van der Waals surface area (Å²) in [5.41, 5.74) is -1.56. The standard InChI is InChI=1S/C11H7FN2O3/c12-7-1-2-10(14(16)17)9(3-7)11(6-13)4-8(15)5-11/h1-3H,4-5H2. The average molecular weight is 234 g/mol. The quantitative estimate of drug-likeness (QED) is 0.577. The molecule has 0 aliphatic heterocycles. The second-order valence-corrected chi connectivity index (χ2v) is 4.00. The van der Waals surface area contributed by atoms with E-state index in [1.165, 1.54) is 0 Å². The Balaban J connectivity index is 2.58. The molecule has 0 radical (unpaired) electrons. The van der Waals surface area contributed by atoms with Crippen molar-refractivity contribution in [1.29, 1.82) is 5.26 Å². The van der Waals surface area contributed by atoms with Crippen LogP contribution in [0.4, 0.5) is 10.1 Å². The first-order valence-corrected chi connectivity index (χ1v) is 4.86. The SMILES string of the molecule is N#CC1(c2cc(F)ccc2[N+](=O)[O-])CC(=O)C1. The van der Waals surface area contributed by atoms with Crippen molar-refractivity contribution in [3.8, 4) is 6.07 Å². The second-order valence-electron chi connectivity index (χ2n) is 4.00. The predicted molar refractivity (Wildman–Crippen MR) is 54.6 cm³/mol. The van der Waals surface area contributed by atoms with Crippen molar-refractivity contribution in [2.75, 3.05) is 0 Å². The number of carbonyl (C=O) groups is 1.